The Bertz CT molecular complexity index is 728. The van der Waals surface area contributed by atoms with Crippen molar-refractivity contribution in [3.8, 4) is 0 Å². The zero-order valence-electron chi connectivity index (χ0n) is 10.8. The Balaban J connectivity index is 2.34. The Hall–Kier alpha value is -2.21. The van der Waals surface area contributed by atoms with Crippen molar-refractivity contribution in [2.24, 2.45) is 0 Å². The molecule has 0 radical (unpaired) electrons. The lowest BCUT2D eigenvalue weighted by molar-refractivity contribution is -0.424. The molecule has 0 fully saturated rings. The van der Waals surface area contributed by atoms with Crippen molar-refractivity contribution in [2.75, 3.05) is 5.75 Å². The molecule has 0 spiro atoms. The largest absolute Gasteiger partial charge is 0.265 e. The first-order chi connectivity index (χ1) is 9.42. The number of rotatable bonds is 3. The molecular formula is C14H13NO4S. The third-order valence-electron chi connectivity index (χ3n) is 3.02. The predicted molar refractivity (Wildman–Crippen MR) is 77.0 cm³/mol. The third-order valence-corrected chi connectivity index (χ3v) is 4.79. The van der Waals surface area contributed by atoms with Crippen LogP contribution in [0.15, 0.2) is 58.7 Å². The van der Waals surface area contributed by atoms with Crippen LogP contribution >= 0.6 is 0 Å². The Labute approximate surface area is 117 Å². The average Bonchev–Trinajstić information content (AvgIpc) is 2.63. The minimum absolute atomic E-state index is 0.0244. The molecule has 0 aromatic heterocycles. The van der Waals surface area contributed by atoms with E-state index in [9.17, 15) is 18.5 Å². The molecule has 1 aromatic carbocycles. The van der Waals surface area contributed by atoms with Crippen molar-refractivity contribution in [3.63, 3.8) is 0 Å². The van der Waals surface area contributed by atoms with Crippen LogP contribution in [0.2, 0.25) is 0 Å². The van der Waals surface area contributed by atoms with E-state index >= 15 is 0 Å². The van der Waals surface area contributed by atoms with Crippen LogP contribution in [0.1, 0.15) is 12.5 Å². The highest BCUT2D eigenvalue weighted by Crippen LogP contribution is 2.30. The van der Waals surface area contributed by atoms with Gasteiger partial charge < -0.3 is 0 Å². The number of hydrogen-bond donors (Lipinski definition) is 0. The Morgan fingerprint density at radius 3 is 2.45 bits per heavy atom. The maximum atomic E-state index is 11.9. The van der Waals surface area contributed by atoms with Crippen molar-refractivity contribution in [1.82, 2.24) is 0 Å². The highest BCUT2D eigenvalue weighted by molar-refractivity contribution is 7.96. The molecule has 0 bridgehead atoms. The Kier molecular flexibility index (Phi) is 3.85. The second-order valence-corrected chi connectivity index (χ2v) is 6.35. The molecule has 104 valence electrons. The number of allylic oxidation sites excluding steroid dienone is 3. The van der Waals surface area contributed by atoms with E-state index in [0.717, 1.165) is 5.56 Å². The molecule has 1 aromatic rings. The normalized spacial score (nSPS) is 19.9. The third kappa shape index (κ3) is 2.85. The van der Waals surface area contributed by atoms with E-state index in [0.29, 0.717) is 0 Å². The lowest BCUT2D eigenvalue weighted by Crippen LogP contribution is -2.06. The summed E-state index contributed by atoms with van der Waals surface area (Å²) in [5.41, 5.74) is 0.896. The predicted octanol–water partition coefficient (Wildman–Crippen LogP) is 2.56. The van der Waals surface area contributed by atoms with Gasteiger partial charge in [0.25, 0.3) is 5.70 Å². The fourth-order valence-electron chi connectivity index (χ4n) is 1.97. The van der Waals surface area contributed by atoms with Gasteiger partial charge in [0.15, 0.2) is 9.84 Å². The maximum Gasteiger partial charge on any atom is 0.265 e. The van der Waals surface area contributed by atoms with Crippen molar-refractivity contribution >= 4 is 15.9 Å². The van der Waals surface area contributed by atoms with E-state index in [4.69, 9.17) is 0 Å². The van der Waals surface area contributed by atoms with E-state index in [2.05, 4.69) is 0 Å². The van der Waals surface area contributed by atoms with Crippen LogP contribution in [-0.4, -0.2) is 19.1 Å². The summed E-state index contributed by atoms with van der Waals surface area (Å²) in [5, 5.41) is 10.8. The summed E-state index contributed by atoms with van der Waals surface area (Å²) in [4.78, 5) is 10.2. The summed E-state index contributed by atoms with van der Waals surface area (Å²) >= 11 is 0. The summed E-state index contributed by atoms with van der Waals surface area (Å²) < 4.78 is 23.8. The molecule has 1 heterocycles. The Morgan fingerprint density at radius 2 is 1.90 bits per heavy atom. The van der Waals surface area contributed by atoms with Gasteiger partial charge in [0, 0.05) is 5.57 Å². The van der Waals surface area contributed by atoms with Gasteiger partial charge in [0.2, 0.25) is 0 Å². The quantitative estimate of drug-likeness (QED) is 0.633. The van der Waals surface area contributed by atoms with E-state index in [-0.39, 0.29) is 16.2 Å². The van der Waals surface area contributed by atoms with Gasteiger partial charge in [-0.2, -0.15) is 0 Å². The SMILES string of the molecule is CC1=C([N+](=O)[O-])CS(=O)(=O)C1=CC=Cc1ccccc1. The fraction of sp³-hybridized carbons (Fsp3) is 0.143. The summed E-state index contributed by atoms with van der Waals surface area (Å²) in [6, 6.07) is 9.38. The van der Waals surface area contributed by atoms with E-state index < -0.39 is 20.5 Å². The number of sulfone groups is 1. The second kappa shape index (κ2) is 5.42. The molecule has 0 aliphatic carbocycles. The van der Waals surface area contributed by atoms with E-state index in [1.807, 2.05) is 30.3 Å². The van der Waals surface area contributed by atoms with Crippen LogP contribution in [0.3, 0.4) is 0 Å². The second-order valence-electron chi connectivity index (χ2n) is 4.39. The van der Waals surface area contributed by atoms with Gasteiger partial charge in [0.1, 0.15) is 5.75 Å². The standard InChI is InChI=1S/C14H13NO4S/c1-11-13(15(16)17)10-20(18,19)14(11)9-5-8-12-6-3-2-4-7-12/h2-9H,10H2,1H3. The van der Waals surface area contributed by atoms with Crippen LogP contribution in [0.5, 0.6) is 0 Å². The fourth-order valence-corrected chi connectivity index (χ4v) is 3.68. The summed E-state index contributed by atoms with van der Waals surface area (Å²) in [6.07, 6.45) is 4.75. The summed E-state index contributed by atoms with van der Waals surface area (Å²) in [6.45, 7) is 1.46. The topological polar surface area (TPSA) is 77.3 Å². The molecule has 6 heteroatoms. The monoisotopic (exact) mass is 291 g/mol. The molecule has 20 heavy (non-hydrogen) atoms. The number of benzene rings is 1. The zero-order chi connectivity index (χ0) is 14.8. The molecule has 0 saturated heterocycles. The van der Waals surface area contributed by atoms with Gasteiger partial charge in [-0.1, -0.05) is 42.5 Å². The van der Waals surface area contributed by atoms with Crippen LogP contribution < -0.4 is 0 Å². The van der Waals surface area contributed by atoms with Gasteiger partial charge >= 0.3 is 0 Å². The van der Waals surface area contributed by atoms with Gasteiger partial charge in [-0.15, -0.1) is 0 Å². The molecule has 0 N–H and O–H groups in total. The van der Waals surface area contributed by atoms with Crippen LogP contribution in [-0.2, 0) is 9.84 Å². The molecule has 0 unspecified atom stereocenters. The molecule has 5 nitrogen and oxygen atoms in total. The molecule has 2 rings (SSSR count). The highest BCUT2D eigenvalue weighted by atomic mass is 32.2. The summed E-state index contributed by atoms with van der Waals surface area (Å²) in [5.74, 6) is -0.531. The van der Waals surface area contributed by atoms with Crippen molar-refractivity contribution in [1.29, 1.82) is 0 Å². The first-order valence-electron chi connectivity index (χ1n) is 5.92. The number of nitro groups is 1. The van der Waals surface area contributed by atoms with Crippen molar-refractivity contribution in [2.45, 2.75) is 6.92 Å². The van der Waals surface area contributed by atoms with Gasteiger partial charge in [-0.05, 0) is 18.6 Å². The molecular weight excluding hydrogens is 278 g/mol. The lowest BCUT2D eigenvalue weighted by atomic mass is 10.2. The first-order valence-corrected chi connectivity index (χ1v) is 7.58. The smallest absolute Gasteiger partial charge is 0.259 e. The first kappa shape index (κ1) is 14.2. The van der Waals surface area contributed by atoms with Gasteiger partial charge in [-0.25, -0.2) is 8.42 Å². The summed E-state index contributed by atoms with van der Waals surface area (Å²) in [7, 11) is -3.59. The Morgan fingerprint density at radius 1 is 1.25 bits per heavy atom. The van der Waals surface area contributed by atoms with Gasteiger partial charge in [-0.3, -0.25) is 10.1 Å². The number of hydrogen-bond acceptors (Lipinski definition) is 4. The van der Waals surface area contributed by atoms with Crippen LogP contribution in [0.4, 0.5) is 0 Å². The highest BCUT2D eigenvalue weighted by Gasteiger charge is 2.37. The van der Waals surface area contributed by atoms with Crippen molar-refractivity contribution in [3.05, 3.63) is 74.3 Å². The maximum absolute atomic E-state index is 11.9. The molecule has 0 saturated carbocycles. The minimum Gasteiger partial charge on any atom is -0.259 e. The minimum atomic E-state index is -3.59. The van der Waals surface area contributed by atoms with Gasteiger partial charge in [0.05, 0.1) is 9.83 Å². The molecule has 0 amide bonds. The molecule has 0 atom stereocenters. The average molecular weight is 291 g/mol. The van der Waals surface area contributed by atoms with Crippen molar-refractivity contribution < 1.29 is 13.3 Å². The zero-order valence-corrected chi connectivity index (χ0v) is 11.6. The van der Waals surface area contributed by atoms with E-state index in [1.165, 1.54) is 13.0 Å². The number of nitrogens with zero attached hydrogens (tertiary/aromatic N) is 1. The molecule has 1 aliphatic rings. The molecule has 1 aliphatic heterocycles. The van der Waals surface area contributed by atoms with Crippen LogP contribution in [0.25, 0.3) is 6.08 Å². The van der Waals surface area contributed by atoms with Crippen LogP contribution in [0, 0.1) is 10.1 Å². The van der Waals surface area contributed by atoms with E-state index in [1.54, 1.807) is 12.2 Å². The lowest BCUT2D eigenvalue weighted by Gasteiger charge is -1.96.